The number of thiazole rings is 1. The van der Waals surface area contributed by atoms with Crippen LogP contribution in [0.5, 0.6) is 0 Å². The molecule has 0 saturated heterocycles. The van der Waals surface area contributed by atoms with E-state index in [1.54, 1.807) is 0 Å². The summed E-state index contributed by atoms with van der Waals surface area (Å²) in [6.45, 7) is 6.48. The minimum atomic E-state index is 0.486. The van der Waals surface area contributed by atoms with Gasteiger partial charge in [0.05, 0.1) is 11.7 Å². The van der Waals surface area contributed by atoms with Gasteiger partial charge in [-0.15, -0.1) is 11.3 Å². The standard InChI is InChI=1S/C11H18N2S/c1-4-10(13-9-5-6-9)11-12-7(2)8(3)14-11/h9-10,13H,4-6H2,1-3H3. The van der Waals surface area contributed by atoms with E-state index in [-0.39, 0.29) is 0 Å². The van der Waals surface area contributed by atoms with Gasteiger partial charge >= 0.3 is 0 Å². The molecule has 1 fully saturated rings. The van der Waals surface area contributed by atoms with Crippen molar-refractivity contribution >= 4 is 11.3 Å². The minimum Gasteiger partial charge on any atom is -0.305 e. The highest BCUT2D eigenvalue weighted by Crippen LogP contribution is 2.29. The van der Waals surface area contributed by atoms with Crippen molar-refractivity contribution in [3.05, 3.63) is 15.6 Å². The second kappa shape index (κ2) is 3.99. The van der Waals surface area contributed by atoms with Crippen LogP contribution in [0.1, 0.15) is 47.8 Å². The van der Waals surface area contributed by atoms with Crippen molar-refractivity contribution in [2.24, 2.45) is 0 Å². The lowest BCUT2D eigenvalue weighted by molar-refractivity contribution is 0.513. The molecule has 0 amide bonds. The molecule has 1 heterocycles. The Morgan fingerprint density at radius 1 is 1.50 bits per heavy atom. The van der Waals surface area contributed by atoms with E-state index >= 15 is 0 Å². The fraction of sp³-hybridized carbons (Fsp3) is 0.727. The number of hydrogen-bond donors (Lipinski definition) is 1. The Morgan fingerprint density at radius 3 is 2.64 bits per heavy atom. The topological polar surface area (TPSA) is 24.9 Å². The largest absolute Gasteiger partial charge is 0.305 e. The average molecular weight is 210 g/mol. The van der Waals surface area contributed by atoms with Crippen LogP contribution in [0.15, 0.2) is 0 Å². The number of aryl methyl sites for hydroxylation is 2. The van der Waals surface area contributed by atoms with Gasteiger partial charge in [0, 0.05) is 10.9 Å². The number of hydrogen-bond acceptors (Lipinski definition) is 3. The summed E-state index contributed by atoms with van der Waals surface area (Å²) in [6.07, 6.45) is 3.84. The lowest BCUT2D eigenvalue weighted by Crippen LogP contribution is -2.22. The second-order valence-corrected chi connectivity index (χ2v) is 5.33. The highest BCUT2D eigenvalue weighted by atomic mass is 32.1. The molecule has 1 N–H and O–H groups in total. The highest BCUT2D eigenvalue weighted by molar-refractivity contribution is 7.11. The summed E-state index contributed by atoms with van der Waals surface area (Å²) >= 11 is 1.84. The molecule has 1 saturated carbocycles. The first-order valence-electron chi connectivity index (χ1n) is 5.40. The van der Waals surface area contributed by atoms with E-state index < -0.39 is 0 Å². The van der Waals surface area contributed by atoms with Crippen LogP contribution < -0.4 is 5.32 Å². The predicted octanol–water partition coefficient (Wildman–Crippen LogP) is 2.96. The van der Waals surface area contributed by atoms with E-state index in [0.717, 1.165) is 12.5 Å². The van der Waals surface area contributed by atoms with Gasteiger partial charge in [0.2, 0.25) is 0 Å². The van der Waals surface area contributed by atoms with Crippen molar-refractivity contribution in [1.29, 1.82) is 0 Å². The van der Waals surface area contributed by atoms with Gasteiger partial charge in [-0.2, -0.15) is 0 Å². The van der Waals surface area contributed by atoms with E-state index in [1.807, 2.05) is 11.3 Å². The van der Waals surface area contributed by atoms with Crippen LogP contribution in [0.3, 0.4) is 0 Å². The normalized spacial score (nSPS) is 18.5. The van der Waals surface area contributed by atoms with Gasteiger partial charge in [-0.3, -0.25) is 0 Å². The third kappa shape index (κ3) is 2.15. The maximum absolute atomic E-state index is 4.62. The van der Waals surface area contributed by atoms with Gasteiger partial charge in [-0.1, -0.05) is 6.92 Å². The molecule has 1 aliphatic carbocycles. The number of aromatic nitrogens is 1. The van der Waals surface area contributed by atoms with Crippen molar-refractivity contribution in [2.75, 3.05) is 0 Å². The van der Waals surface area contributed by atoms with Gasteiger partial charge in [0.15, 0.2) is 0 Å². The monoisotopic (exact) mass is 210 g/mol. The first kappa shape index (κ1) is 10.1. The van der Waals surface area contributed by atoms with Crippen LogP contribution in [-0.2, 0) is 0 Å². The number of nitrogens with one attached hydrogen (secondary N) is 1. The SMILES string of the molecule is CCC(NC1CC1)c1nc(C)c(C)s1. The van der Waals surface area contributed by atoms with Gasteiger partial charge in [0.25, 0.3) is 0 Å². The van der Waals surface area contributed by atoms with Gasteiger partial charge < -0.3 is 5.32 Å². The van der Waals surface area contributed by atoms with Gasteiger partial charge in [-0.05, 0) is 33.1 Å². The zero-order valence-corrected chi connectivity index (χ0v) is 9.95. The molecule has 1 unspecified atom stereocenters. The average Bonchev–Trinajstić information content (AvgIpc) is 2.91. The molecule has 0 spiro atoms. The van der Waals surface area contributed by atoms with Crippen LogP contribution in [-0.4, -0.2) is 11.0 Å². The molecule has 0 bridgehead atoms. The Morgan fingerprint density at radius 2 is 2.21 bits per heavy atom. The summed E-state index contributed by atoms with van der Waals surface area (Å²) in [5.41, 5.74) is 1.20. The summed E-state index contributed by atoms with van der Waals surface area (Å²) in [7, 11) is 0. The minimum absolute atomic E-state index is 0.486. The fourth-order valence-electron chi connectivity index (χ4n) is 1.54. The fourth-order valence-corrected chi connectivity index (χ4v) is 2.61. The quantitative estimate of drug-likeness (QED) is 0.826. The van der Waals surface area contributed by atoms with Crippen molar-refractivity contribution in [3.63, 3.8) is 0 Å². The maximum atomic E-state index is 4.62. The van der Waals surface area contributed by atoms with E-state index in [9.17, 15) is 0 Å². The zero-order valence-electron chi connectivity index (χ0n) is 9.13. The van der Waals surface area contributed by atoms with E-state index in [4.69, 9.17) is 0 Å². The van der Waals surface area contributed by atoms with Crippen molar-refractivity contribution < 1.29 is 0 Å². The lowest BCUT2D eigenvalue weighted by atomic mass is 10.2. The van der Waals surface area contributed by atoms with Crippen molar-refractivity contribution in [3.8, 4) is 0 Å². The Kier molecular flexibility index (Phi) is 2.88. The third-order valence-electron chi connectivity index (χ3n) is 2.77. The van der Waals surface area contributed by atoms with Gasteiger partial charge in [0.1, 0.15) is 5.01 Å². The van der Waals surface area contributed by atoms with E-state index in [2.05, 4.69) is 31.1 Å². The zero-order chi connectivity index (χ0) is 10.1. The predicted molar refractivity (Wildman–Crippen MR) is 60.8 cm³/mol. The molecule has 78 valence electrons. The molecule has 2 nitrogen and oxygen atoms in total. The second-order valence-electron chi connectivity index (χ2n) is 4.10. The first-order valence-corrected chi connectivity index (χ1v) is 6.22. The molecule has 1 aromatic heterocycles. The molecule has 1 aromatic rings. The van der Waals surface area contributed by atoms with Crippen LogP contribution >= 0.6 is 11.3 Å². The van der Waals surface area contributed by atoms with Crippen LogP contribution in [0.2, 0.25) is 0 Å². The molecule has 1 aliphatic rings. The van der Waals surface area contributed by atoms with E-state index in [0.29, 0.717) is 6.04 Å². The summed E-state index contributed by atoms with van der Waals surface area (Å²) in [5, 5.41) is 4.92. The molecule has 2 rings (SSSR count). The summed E-state index contributed by atoms with van der Waals surface area (Å²) in [4.78, 5) is 5.98. The summed E-state index contributed by atoms with van der Waals surface area (Å²) in [6, 6.07) is 1.25. The van der Waals surface area contributed by atoms with Crippen molar-refractivity contribution in [1.82, 2.24) is 10.3 Å². The van der Waals surface area contributed by atoms with Crippen LogP contribution in [0.4, 0.5) is 0 Å². The smallest absolute Gasteiger partial charge is 0.110 e. The lowest BCUT2D eigenvalue weighted by Gasteiger charge is -2.13. The number of rotatable bonds is 4. The molecule has 0 aliphatic heterocycles. The first-order chi connectivity index (χ1) is 6.70. The maximum Gasteiger partial charge on any atom is 0.110 e. The van der Waals surface area contributed by atoms with Crippen molar-refractivity contribution in [2.45, 2.75) is 52.1 Å². The van der Waals surface area contributed by atoms with Crippen LogP contribution in [0.25, 0.3) is 0 Å². The molecule has 3 heteroatoms. The Balaban J connectivity index is 2.08. The molecular formula is C11H18N2S. The van der Waals surface area contributed by atoms with E-state index in [1.165, 1.54) is 28.4 Å². The Hall–Kier alpha value is -0.410. The molecule has 1 atom stereocenters. The summed E-state index contributed by atoms with van der Waals surface area (Å²) in [5.74, 6) is 0. The molecule has 0 radical (unpaired) electrons. The molecule has 0 aromatic carbocycles. The highest BCUT2D eigenvalue weighted by Gasteiger charge is 2.25. The third-order valence-corrected chi connectivity index (χ3v) is 3.95. The number of nitrogens with zero attached hydrogens (tertiary/aromatic N) is 1. The molecular weight excluding hydrogens is 192 g/mol. The Labute approximate surface area is 89.8 Å². The van der Waals surface area contributed by atoms with Crippen LogP contribution in [0, 0.1) is 13.8 Å². The van der Waals surface area contributed by atoms with Gasteiger partial charge in [-0.25, -0.2) is 4.98 Å². The Bertz CT molecular complexity index is 296. The summed E-state index contributed by atoms with van der Waals surface area (Å²) < 4.78 is 0. The molecule has 14 heavy (non-hydrogen) atoms.